The second-order valence-corrected chi connectivity index (χ2v) is 4.62. The SMILES string of the molecule is COC1=CC(=O)C(=O)c2c1cc(C)c1cc(C)oc21. The minimum absolute atomic E-state index is 0.304. The second-order valence-electron chi connectivity index (χ2n) is 4.62. The molecule has 19 heavy (non-hydrogen) atoms. The maximum Gasteiger partial charge on any atom is 0.237 e. The third-order valence-corrected chi connectivity index (χ3v) is 3.34. The van der Waals surface area contributed by atoms with E-state index >= 15 is 0 Å². The molecule has 0 fully saturated rings. The molecule has 1 aliphatic rings. The van der Waals surface area contributed by atoms with Crippen LogP contribution in [-0.2, 0) is 9.53 Å². The van der Waals surface area contributed by atoms with Crippen LogP contribution in [0.1, 0.15) is 27.2 Å². The van der Waals surface area contributed by atoms with Crippen molar-refractivity contribution in [3.63, 3.8) is 0 Å². The average Bonchev–Trinajstić information content (AvgIpc) is 2.76. The van der Waals surface area contributed by atoms with Crippen molar-refractivity contribution in [3.05, 3.63) is 40.7 Å². The lowest BCUT2D eigenvalue weighted by Crippen LogP contribution is -2.19. The number of ether oxygens (including phenoxy) is 1. The Bertz CT molecular complexity index is 762. The van der Waals surface area contributed by atoms with Gasteiger partial charge in [-0.15, -0.1) is 0 Å². The van der Waals surface area contributed by atoms with Gasteiger partial charge in [-0.05, 0) is 31.5 Å². The molecular weight excluding hydrogens is 244 g/mol. The van der Waals surface area contributed by atoms with Gasteiger partial charge in [-0.1, -0.05) is 0 Å². The number of ketones is 2. The first-order valence-electron chi connectivity index (χ1n) is 5.91. The molecule has 0 amide bonds. The molecule has 0 radical (unpaired) electrons. The van der Waals surface area contributed by atoms with E-state index < -0.39 is 11.6 Å². The highest BCUT2D eigenvalue weighted by Crippen LogP contribution is 2.35. The molecule has 3 rings (SSSR count). The van der Waals surface area contributed by atoms with Crippen molar-refractivity contribution in [2.24, 2.45) is 0 Å². The Morgan fingerprint density at radius 2 is 1.89 bits per heavy atom. The molecule has 1 aromatic carbocycles. The highest BCUT2D eigenvalue weighted by atomic mass is 16.5. The molecule has 4 nitrogen and oxygen atoms in total. The Balaban J connectivity index is 2.47. The van der Waals surface area contributed by atoms with Gasteiger partial charge in [-0.25, -0.2) is 0 Å². The summed E-state index contributed by atoms with van der Waals surface area (Å²) in [4.78, 5) is 23.8. The lowest BCUT2D eigenvalue weighted by Gasteiger charge is -2.16. The Kier molecular flexibility index (Phi) is 2.35. The zero-order valence-electron chi connectivity index (χ0n) is 10.9. The Morgan fingerprint density at radius 1 is 1.16 bits per heavy atom. The van der Waals surface area contributed by atoms with E-state index in [1.54, 1.807) is 0 Å². The van der Waals surface area contributed by atoms with Gasteiger partial charge in [-0.2, -0.15) is 0 Å². The number of allylic oxidation sites excluding steroid dienone is 1. The second kappa shape index (κ2) is 3.82. The van der Waals surface area contributed by atoms with E-state index in [1.165, 1.54) is 13.2 Å². The van der Waals surface area contributed by atoms with Crippen LogP contribution in [0.5, 0.6) is 0 Å². The third kappa shape index (κ3) is 1.53. The number of furan rings is 1. The molecule has 0 atom stereocenters. The molecule has 0 bridgehead atoms. The van der Waals surface area contributed by atoms with Crippen LogP contribution in [0.3, 0.4) is 0 Å². The molecule has 0 aliphatic heterocycles. The maximum atomic E-state index is 12.1. The lowest BCUT2D eigenvalue weighted by molar-refractivity contribution is -0.111. The molecular formula is C15H12O4. The van der Waals surface area contributed by atoms with Crippen molar-refractivity contribution >= 4 is 28.3 Å². The van der Waals surface area contributed by atoms with E-state index in [2.05, 4.69) is 0 Å². The van der Waals surface area contributed by atoms with Crippen molar-refractivity contribution in [2.75, 3.05) is 7.11 Å². The van der Waals surface area contributed by atoms with E-state index in [9.17, 15) is 9.59 Å². The summed E-state index contributed by atoms with van der Waals surface area (Å²) >= 11 is 0. The van der Waals surface area contributed by atoms with Crippen LogP contribution in [0.4, 0.5) is 0 Å². The van der Waals surface area contributed by atoms with Crippen LogP contribution in [0.15, 0.2) is 22.6 Å². The van der Waals surface area contributed by atoms with Crippen LogP contribution in [-0.4, -0.2) is 18.7 Å². The molecule has 0 spiro atoms. The van der Waals surface area contributed by atoms with Gasteiger partial charge >= 0.3 is 0 Å². The molecule has 1 aromatic heterocycles. The summed E-state index contributed by atoms with van der Waals surface area (Å²) in [7, 11) is 1.48. The number of Topliss-reactive ketones (excluding diaryl/α,β-unsaturated/α-hetero) is 1. The fourth-order valence-electron chi connectivity index (χ4n) is 2.46. The Hall–Kier alpha value is -2.36. The molecule has 0 saturated heterocycles. The number of benzene rings is 1. The average molecular weight is 256 g/mol. The largest absolute Gasteiger partial charge is 0.496 e. The fourth-order valence-corrected chi connectivity index (χ4v) is 2.46. The number of fused-ring (bicyclic) bond motifs is 3. The third-order valence-electron chi connectivity index (χ3n) is 3.34. The molecule has 1 heterocycles. The summed E-state index contributed by atoms with van der Waals surface area (Å²) in [5.41, 5.74) is 2.37. The van der Waals surface area contributed by atoms with Crippen LogP contribution < -0.4 is 0 Å². The van der Waals surface area contributed by atoms with E-state index in [-0.39, 0.29) is 0 Å². The van der Waals surface area contributed by atoms with Crippen LogP contribution in [0.2, 0.25) is 0 Å². The van der Waals surface area contributed by atoms with Crippen molar-refractivity contribution in [1.29, 1.82) is 0 Å². The number of rotatable bonds is 1. The molecule has 4 heteroatoms. The minimum atomic E-state index is -0.580. The van der Waals surface area contributed by atoms with Gasteiger partial charge < -0.3 is 9.15 Å². The number of aryl methyl sites for hydroxylation is 2. The normalized spacial score (nSPS) is 14.6. The molecule has 0 N–H and O–H groups in total. The van der Waals surface area contributed by atoms with Gasteiger partial charge in [0, 0.05) is 17.0 Å². The summed E-state index contributed by atoms with van der Waals surface area (Å²) in [5, 5.41) is 0.856. The quantitative estimate of drug-likeness (QED) is 0.736. The van der Waals surface area contributed by atoms with Gasteiger partial charge in [0.1, 0.15) is 17.1 Å². The van der Waals surface area contributed by atoms with Crippen LogP contribution in [0.25, 0.3) is 16.7 Å². The molecule has 0 unspecified atom stereocenters. The molecule has 0 saturated carbocycles. The first-order valence-corrected chi connectivity index (χ1v) is 5.91. The first kappa shape index (κ1) is 11.7. The Morgan fingerprint density at radius 3 is 2.58 bits per heavy atom. The summed E-state index contributed by atoms with van der Waals surface area (Å²) in [6.07, 6.45) is 1.23. The topological polar surface area (TPSA) is 56.5 Å². The predicted molar refractivity (Wildman–Crippen MR) is 70.0 cm³/mol. The lowest BCUT2D eigenvalue weighted by atomic mass is 9.90. The van der Waals surface area contributed by atoms with Crippen molar-refractivity contribution in [3.8, 4) is 0 Å². The van der Waals surface area contributed by atoms with Gasteiger partial charge in [0.2, 0.25) is 11.6 Å². The number of hydrogen-bond acceptors (Lipinski definition) is 4. The zero-order valence-corrected chi connectivity index (χ0v) is 10.9. The molecule has 1 aliphatic carbocycles. The van der Waals surface area contributed by atoms with Gasteiger partial charge in [0.25, 0.3) is 0 Å². The summed E-state index contributed by atoms with van der Waals surface area (Å²) < 4.78 is 10.8. The van der Waals surface area contributed by atoms with Gasteiger partial charge in [0.15, 0.2) is 0 Å². The van der Waals surface area contributed by atoms with E-state index in [0.29, 0.717) is 28.2 Å². The summed E-state index contributed by atoms with van der Waals surface area (Å²) in [6.45, 7) is 3.75. The number of carbonyl (C=O) groups is 2. The van der Waals surface area contributed by atoms with Crippen LogP contribution in [0, 0.1) is 13.8 Å². The number of carbonyl (C=O) groups excluding carboxylic acids is 2. The number of hydrogen-bond donors (Lipinski definition) is 0. The first-order chi connectivity index (χ1) is 9.02. The van der Waals surface area contributed by atoms with Crippen LogP contribution >= 0.6 is 0 Å². The highest BCUT2D eigenvalue weighted by Gasteiger charge is 2.30. The maximum absolute atomic E-state index is 12.1. The number of methoxy groups -OCH3 is 1. The van der Waals surface area contributed by atoms with E-state index in [0.717, 1.165) is 10.9 Å². The van der Waals surface area contributed by atoms with E-state index in [4.69, 9.17) is 9.15 Å². The highest BCUT2D eigenvalue weighted by molar-refractivity contribution is 6.52. The monoisotopic (exact) mass is 256 g/mol. The predicted octanol–water partition coefficient (Wildman–Crippen LogP) is 2.80. The fraction of sp³-hybridized carbons (Fsp3) is 0.200. The smallest absolute Gasteiger partial charge is 0.237 e. The summed E-state index contributed by atoms with van der Waals surface area (Å²) in [5.74, 6) is -0.0161. The van der Waals surface area contributed by atoms with Crippen molar-refractivity contribution < 1.29 is 18.7 Å². The van der Waals surface area contributed by atoms with Crippen molar-refractivity contribution in [2.45, 2.75) is 13.8 Å². The van der Waals surface area contributed by atoms with Crippen molar-refractivity contribution in [1.82, 2.24) is 0 Å². The molecule has 2 aromatic rings. The van der Waals surface area contributed by atoms with Gasteiger partial charge in [0.05, 0.1) is 12.7 Å². The zero-order chi connectivity index (χ0) is 13.7. The standard InChI is InChI=1S/C15H12O4/c1-7-4-10-12(18-3)6-11(16)14(17)13(10)15-9(7)5-8(2)19-15/h4-6H,1-3H3. The van der Waals surface area contributed by atoms with E-state index in [1.807, 2.05) is 26.0 Å². The Labute approximate surface area is 109 Å². The molecule has 96 valence electrons. The minimum Gasteiger partial charge on any atom is -0.496 e. The van der Waals surface area contributed by atoms with Gasteiger partial charge in [-0.3, -0.25) is 9.59 Å². The summed E-state index contributed by atoms with van der Waals surface area (Å²) in [6, 6.07) is 3.72.